The van der Waals surface area contributed by atoms with Crippen LogP contribution in [-0.4, -0.2) is 18.1 Å². The van der Waals surface area contributed by atoms with Crippen LogP contribution in [0.25, 0.3) is 11.0 Å². The van der Waals surface area contributed by atoms with Gasteiger partial charge in [0.1, 0.15) is 24.0 Å². The molecule has 1 heterocycles. The molecule has 0 spiro atoms. The molecule has 7 heteroatoms. The minimum Gasteiger partial charge on any atom is -0.445 e. The van der Waals surface area contributed by atoms with Gasteiger partial charge in [-0.25, -0.2) is 14.4 Å². The van der Waals surface area contributed by atoms with Crippen LogP contribution < -0.4 is 15.7 Å². The summed E-state index contributed by atoms with van der Waals surface area (Å²) < 4.78 is 16.3. The van der Waals surface area contributed by atoms with Crippen LogP contribution in [0.15, 0.2) is 51.7 Å². The van der Waals surface area contributed by atoms with Crippen LogP contribution in [-0.2, 0) is 16.1 Å². The summed E-state index contributed by atoms with van der Waals surface area (Å²) in [7, 11) is 0. The van der Waals surface area contributed by atoms with E-state index in [-0.39, 0.29) is 12.4 Å². The second-order valence-corrected chi connectivity index (χ2v) is 8.03. The van der Waals surface area contributed by atoms with Gasteiger partial charge in [-0.15, -0.1) is 0 Å². The molecule has 0 fully saturated rings. The molecule has 1 aromatic heterocycles. The number of carbonyl (C=O) groups excluding carboxylic acids is 2. The Labute approximate surface area is 192 Å². The monoisotopic (exact) mass is 451 g/mol. The van der Waals surface area contributed by atoms with E-state index in [1.54, 1.807) is 26.0 Å². The third-order valence-corrected chi connectivity index (χ3v) is 5.67. The molecule has 0 radical (unpaired) electrons. The lowest BCUT2D eigenvalue weighted by molar-refractivity contribution is -0.136. The lowest BCUT2D eigenvalue weighted by Crippen LogP contribution is -2.43. The van der Waals surface area contributed by atoms with E-state index in [0.29, 0.717) is 23.1 Å². The van der Waals surface area contributed by atoms with Crippen molar-refractivity contribution in [1.82, 2.24) is 5.32 Å². The Morgan fingerprint density at radius 1 is 1.00 bits per heavy atom. The number of fused-ring (bicyclic) bond motifs is 1. The zero-order chi connectivity index (χ0) is 24.0. The van der Waals surface area contributed by atoms with Gasteiger partial charge in [-0.2, -0.15) is 0 Å². The Morgan fingerprint density at radius 2 is 1.73 bits per heavy atom. The van der Waals surface area contributed by atoms with Gasteiger partial charge in [0.05, 0.1) is 0 Å². The summed E-state index contributed by atoms with van der Waals surface area (Å²) in [6.45, 7) is 7.39. The van der Waals surface area contributed by atoms with Crippen molar-refractivity contribution in [2.45, 2.75) is 59.6 Å². The topological polar surface area (TPSA) is 94.8 Å². The summed E-state index contributed by atoms with van der Waals surface area (Å²) in [5, 5.41) is 3.40. The minimum atomic E-state index is -0.866. The van der Waals surface area contributed by atoms with Crippen molar-refractivity contribution < 1.29 is 23.5 Å². The highest BCUT2D eigenvalue weighted by Gasteiger charge is 2.24. The molecule has 7 nitrogen and oxygen atoms in total. The maximum Gasteiger partial charge on any atom is 0.408 e. The van der Waals surface area contributed by atoms with Crippen LogP contribution in [0.2, 0.25) is 0 Å². The van der Waals surface area contributed by atoms with E-state index >= 15 is 0 Å². The van der Waals surface area contributed by atoms with E-state index in [2.05, 4.69) is 5.32 Å². The molecule has 0 bridgehead atoms. The number of esters is 1. The SMILES string of the molecule is CCCC[C@@H](NC(=O)OCc1ccccc1)C(=O)Oc1ccc2c(C)c(C)c(=O)oc2c1C. The standard InChI is InChI=1S/C26H29NO6/c1-5-6-12-21(27-26(30)31-15-19-10-8-7-9-11-19)25(29)32-22-14-13-20-16(2)17(3)24(28)33-23(20)18(22)4/h7-11,13-14,21H,5-6,12,15H2,1-4H3,(H,27,30)/t21-/m1/s1. The van der Waals surface area contributed by atoms with Gasteiger partial charge < -0.3 is 19.2 Å². The number of benzene rings is 2. The highest BCUT2D eigenvalue weighted by atomic mass is 16.6. The van der Waals surface area contributed by atoms with Crippen molar-refractivity contribution >= 4 is 23.0 Å². The first kappa shape index (κ1) is 24.0. The van der Waals surface area contributed by atoms with Gasteiger partial charge in [0.2, 0.25) is 0 Å². The molecule has 3 rings (SSSR count). The predicted molar refractivity (Wildman–Crippen MR) is 125 cm³/mol. The normalized spacial score (nSPS) is 11.8. The largest absolute Gasteiger partial charge is 0.445 e. The van der Waals surface area contributed by atoms with Crippen LogP contribution >= 0.6 is 0 Å². The maximum atomic E-state index is 12.9. The molecule has 174 valence electrons. The Morgan fingerprint density at radius 3 is 2.42 bits per heavy atom. The number of alkyl carbamates (subject to hydrolysis) is 1. The fourth-order valence-corrected chi connectivity index (χ4v) is 3.48. The van der Waals surface area contributed by atoms with Crippen LogP contribution in [0.4, 0.5) is 4.79 Å². The number of rotatable bonds is 8. The van der Waals surface area contributed by atoms with Gasteiger partial charge in [0.25, 0.3) is 0 Å². The van der Waals surface area contributed by atoms with Gasteiger partial charge >= 0.3 is 17.7 Å². The second-order valence-electron chi connectivity index (χ2n) is 8.03. The quantitative estimate of drug-likeness (QED) is 0.291. The summed E-state index contributed by atoms with van der Waals surface area (Å²) in [5.41, 5.74) is 2.72. The van der Waals surface area contributed by atoms with Crippen LogP contribution in [0.5, 0.6) is 5.75 Å². The van der Waals surface area contributed by atoms with Crippen molar-refractivity contribution in [1.29, 1.82) is 0 Å². The van der Waals surface area contributed by atoms with Crippen LogP contribution in [0, 0.1) is 20.8 Å². The molecule has 0 aliphatic rings. The van der Waals surface area contributed by atoms with E-state index < -0.39 is 23.7 Å². The first-order valence-corrected chi connectivity index (χ1v) is 11.0. The molecule has 0 aliphatic carbocycles. The Bertz CT molecular complexity index is 1200. The molecule has 2 aromatic carbocycles. The number of amides is 1. The maximum absolute atomic E-state index is 12.9. The molecule has 1 amide bonds. The lowest BCUT2D eigenvalue weighted by atomic mass is 10.0. The van der Waals surface area contributed by atoms with E-state index in [4.69, 9.17) is 13.9 Å². The summed E-state index contributed by atoms with van der Waals surface area (Å²) in [6, 6.07) is 11.9. The Balaban J connectivity index is 1.74. The molecule has 0 saturated carbocycles. The fourth-order valence-electron chi connectivity index (χ4n) is 3.48. The van der Waals surface area contributed by atoms with Crippen molar-refractivity contribution in [3.8, 4) is 5.75 Å². The molecule has 1 atom stereocenters. The zero-order valence-corrected chi connectivity index (χ0v) is 19.4. The van der Waals surface area contributed by atoms with E-state index in [1.807, 2.05) is 44.2 Å². The second kappa shape index (κ2) is 10.8. The first-order valence-electron chi connectivity index (χ1n) is 11.0. The number of aryl methyl sites for hydroxylation is 2. The van der Waals surface area contributed by atoms with Crippen molar-refractivity contribution in [3.63, 3.8) is 0 Å². The molecule has 0 aliphatic heterocycles. The van der Waals surface area contributed by atoms with E-state index in [9.17, 15) is 14.4 Å². The van der Waals surface area contributed by atoms with Gasteiger partial charge in [0.15, 0.2) is 0 Å². The van der Waals surface area contributed by atoms with Gasteiger partial charge in [-0.1, -0.05) is 50.1 Å². The van der Waals surface area contributed by atoms with Crippen molar-refractivity contribution in [3.05, 3.63) is 75.1 Å². The molecule has 33 heavy (non-hydrogen) atoms. The summed E-state index contributed by atoms with van der Waals surface area (Å²) in [5.74, 6) is -0.325. The number of hydrogen-bond donors (Lipinski definition) is 1. The number of hydrogen-bond acceptors (Lipinski definition) is 6. The highest BCUT2D eigenvalue weighted by Crippen LogP contribution is 2.29. The summed E-state index contributed by atoms with van der Waals surface area (Å²) in [6.07, 6.45) is 1.30. The third kappa shape index (κ3) is 5.80. The minimum absolute atomic E-state index is 0.101. The number of carbonyl (C=O) groups is 2. The van der Waals surface area contributed by atoms with E-state index in [1.165, 1.54) is 0 Å². The van der Waals surface area contributed by atoms with Gasteiger partial charge in [-0.05, 0) is 50.5 Å². The van der Waals surface area contributed by atoms with Crippen molar-refractivity contribution in [2.24, 2.45) is 0 Å². The average Bonchev–Trinajstić information content (AvgIpc) is 2.81. The molecule has 0 unspecified atom stereocenters. The Hall–Kier alpha value is -3.61. The molecule has 0 saturated heterocycles. The average molecular weight is 452 g/mol. The highest BCUT2D eigenvalue weighted by molar-refractivity contribution is 5.88. The predicted octanol–water partition coefficient (Wildman–Crippen LogP) is 5.11. The molecular weight excluding hydrogens is 422 g/mol. The summed E-state index contributed by atoms with van der Waals surface area (Å²) in [4.78, 5) is 37.3. The van der Waals surface area contributed by atoms with Crippen LogP contribution in [0.3, 0.4) is 0 Å². The summed E-state index contributed by atoms with van der Waals surface area (Å²) >= 11 is 0. The van der Waals surface area contributed by atoms with Crippen LogP contribution in [0.1, 0.15) is 48.4 Å². The first-order chi connectivity index (χ1) is 15.8. The smallest absolute Gasteiger partial charge is 0.408 e. The molecule has 1 N–H and O–H groups in total. The molecular formula is C26H29NO6. The number of unbranched alkanes of at least 4 members (excludes halogenated alkanes) is 1. The van der Waals surface area contributed by atoms with Crippen molar-refractivity contribution in [2.75, 3.05) is 0 Å². The number of ether oxygens (including phenoxy) is 2. The lowest BCUT2D eigenvalue weighted by Gasteiger charge is -2.18. The van der Waals surface area contributed by atoms with Gasteiger partial charge in [0, 0.05) is 16.5 Å². The number of nitrogens with one attached hydrogen (secondary N) is 1. The van der Waals surface area contributed by atoms with E-state index in [0.717, 1.165) is 29.4 Å². The zero-order valence-electron chi connectivity index (χ0n) is 19.4. The Kier molecular flexibility index (Phi) is 7.87. The molecule has 3 aromatic rings. The fraction of sp³-hybridized carbons (Fsp3) is 0.346. The third-order valence-electron chi connectivity index (χ3n) is 5.67. The van der Waals surface area contributed by atoms with Gasteiger partial charge in [-0.3, -0.25) is 0 Å².